The maximum atomic E-state index is 13.3. The van der Waals surface area contributed by atoms with Gasteiger partial charge >= 0.3 is 0 Å². The van der Waals surface area contributed by atoms with Crippen LogP contribution in [0.4, 0.5) is 4.39 Å². The molecule has 0 amide bonds. The number of aliphatic hydroxyl groups excluding tert-OH is 1. The van der Waals surface area contributed by atoms with Crippen LogP contribution in [-0.4, -0.2) is 12.2 Å². The third kappa shape index (κ3) is 2.45. The van der Waals surface area contributed by atoms with Crippen molar-refractivity contribution < 1.29 is 14.2 Å². The molecule has 4 heteroatoms. The Morgan fingerprint density at radius 2 is 2.20 bits per heavy atom. The molecule has 15 heavy (non-hydrogen) atoms. The molecule has 1 rings (SSSR count). The summed E-state index contributed by atoms with van der Waals surface area (Å²) in [6, 6.07) is 6.06. The van der Waals surface area contributed by atoms with Gasteiger partial charge in [0.2, 0.25) is 0 Å². The zero-order valence-corrected chi connectivity index (χ0v) is 8.57. The Morgan fingerprint density at radius 1 is 1.53 bits per heavy atom. The number of rotatable bonds is 3. The first-order chi connectivity index (χ1) is 7.10. The third-order valence-electron chi connectivity index (χ3n) is 2.19. The predicted octanol–water partition coefficient (Wildman–Crippen LogP) is 2.03. The average molecular weight is 209 g/mol. The normalized spacial score (nSPS) is 14.1. The Bertz CT molecular complexity index is 387. The molecule has 2 atom stereocenters. The number of halogens is 1. The quantitative estimate of drug-likeness (QED) is 0.828. The highest BCUT2D eigenvalue weighted by Gasteiger charge is 2.17. The number of methoxy groups -OCH3 is 1. The Labute approximate surface area is 87.7 Å². The topological polar surface area (TPSA) is 53.2 Å². The van der Waals surface area contributed by atoms with Crippen molar-refractivity contribution in [1.82, 2.24) is 0 Å². The molecule has 0 aliphatic heterocycles. The Balaban J connectivity index is 2.98. The minimum atomic E-state index is -0.976. The highest BCUT2D eigenvalue weighted by atomic mass is 19.1. The van der Waals surface area contributed by atoms with E-state index in [1.807, 2.05) is 6.07 Å². The summed E-state index contributed by atoms with van der Waals surface area (Å²) >= 11 is 0. The molecule has 3 nitrogen and oxygen atoms in total. The SMILES string of the molecule is COc1ccc(C(O)C(C)C#N)cc1F. The monoisotopic (exact) mass is 209 g/mol. The first-order valence-corrected chi connectivity index (χ1v) is 4.51. The average Bonchev–Trinajstić information content (AvgIpc) is 2.26. The molecule has 0 aliphatic rings. The molecule has 0 bridgehead atoms. The van der Waals surface area contributed by atoms with E-state index in [0.717, 1.165) is 0 Å². The lowest BCUT2D eigenvalue weighted by molar-refractivity contribution is 0.142. The Morgan fingerprint density at radius 3 is 2.67 bits per heavy atom. The summed E-state index contributed by atoms with van der Waals surface area (Å²) in [5, 5.41) is 18.3. The molecule has 2 unspecified atom stereocenters. The van der Waals surface area contributed by atoms with Crippen molar-refractivity contribution in [2.24, 2.45) is 5.92 Å². The van der Waals surface area contributed by atoms with Gasteiger partial charge in [-0.3, -0.25) is 0 Å². The second-order valence-electron chi connectivity index (χ2n) is 3.26. The van der Waals surface area contributed by atoms with Gasteiger partial charge in [-0.25, -0.2) is 4.39 Å². The second kappa shape index (κ2) is 4.76. The second-order valence-corrected chi connectivity index (χ2v) is 3.26. The van der Waals surface area contributed by atoms with Gasteiger partial charge in [-0.05, 0) is 24.6 Å². The molecule has 0 saturated carbocycles. The molecule has 1 N–H and O–H groups in total. The zero-order chi connectivity index (χ0) is 11.4. The van der Waals surface area contributed by atoms with Gasteiger partial charge in [0.15, 0.2) is 11.6 Å². The van der Waals surface area contributed by atoms with Crippen LogP contribution in [0.1, 0.15) is 18.6 Å². The van der Waals surface area contributed by atoms with E-state index in [2.05, 4.69) is 0 Å². The minimum absolute atomic E-state index is 0.121. The van der Waals surface area contributed by atoms with Gasteiger partial charge in [0, 0.05) is 0 Å². The van der Waals surface area contributed by atoms with E-state index in [9.17, 15) is 9.50 Å². The van der Waals surface area contributed by atoms with Gasteiger partial charge < -0.3 is 9.84 Å². The van der Waals surface area contributed by atoms with Crippen molar-refractivity contribution >= 4 is 0 Å². The summed E-state index contributed by atoms with van der Waals surface area (Å²) in [7, 11) is 1.37. The molecule has 0 fully saturated rings. The Kier molecular flexibility index (Phi) is 3.64. The lowest BCUT2D eigenvalue weighted by atomic mass is 9.98. The summed E-state index contributed by atoms with van der Waals surface area (Å²) in [4.78, 5) is 0. The number of hydrogen-bond donors (Lipinski definition) is 1. The van der Waals surface area contributed by atoms with E-state index >= 15 is 0 Å². The van der Waals surface area contributed by atoms with Gasteiger partial charge in [-0.1, -0.05) is 6.07 Å². The fraction of sp³-hybridized carbons (Fsp3) is 0.364. The van der Waals surface area contributed by atoms with Crippen molar-refractivity contribution in [3.05, 3.63) is 29.6 Å². The Hall–Kier alpha value is -1.60. The fourth-order valence-electron chi connectivity index (χ4n) is 1.23. The van der Waals surface area contributed by atoms with Crippen LogP contribution >= 0.6 is 0 Å². The molecule has 0 heterocycles. The molecular weight excluding hydrogens is 197 g/mol. The lowest BCUT2D eigenvalue weighted by Crippen LogP contribution is -2.07. The van der Waals surface area contributed by atoms with Crippen LogP contribution < -0.4 is 4.74 Å². The van der Waals surface area contributed by atoms with Gasteiger partial charge in [-0.15, -0.1) is 0 Å². The fourth-order valence-corrected chi connectivity index (χ4v) is 1.23. The van der Waals surface area contributed by atoms with Crippen LogP contribution in [-0.2, 0) is 0 Å². The number of nitriles is 1. The highest BCUT2D eigenvalue weighted by molar-refractivity contribution is 5.31. The first kappa shape index (κ1) is 11.5. The van der Waals surface area contributed by atoms with Gasteiger partial charge in [-0.2, -0.15) is 5.26 Å². The standard InChI is InChI=1S/C11H12FNO2/c1-7(6-13)11(14)8-3-4-10(15-2)9(12)5-8/h3-5,7,11,14H,1-2H3. The number of nitrogens with zero attached hydrogens (tertiary/aromatic N) is 1. The number of hydrogen-bond acceptors (Lipinski definition) is 3. The van der Waals surface area contributed by atoms with Gasteiger partial charge in [0.05, 0.1) is 25.2 Å². The van der Waals surface area contributed by atoms with Crippen molar-refractivity contribution in [3.63, 3.8) is 0 Å². The summed E-state index contributed by atoms with van der Waals surface area (Å²) in [6.45, 7) is 1.58. The minimum Gasteiger partial charge on any atom is -0.494 e. The number of ether oxygens (including phenoxy) is 1. The van der Waals surface area contributed by atoms with E-state index in [1.165, 1.54) is 19.2 Å². The molecular formula is C11H12FNO2. The van der Waals surface area contributed by atoms with Crippen molar-refractivity contribution in [1.29, 1.82) is 5.26 Å². The van der Waals surface area contributed by atoms with Crippen LogP contribution in [0.2, 0.25) is 0 Å². The van der Waals surface area contributed by atoms with Crippen LogP contribution in [0.5, 0.6) is 5.75 Å². The number of aliphatic hydroxyl groups is 1. The van der Waals surface area contributed by atoms with Crippen LogP contribution in [0.3, 0.4) is 0 Å². The maximum Gasteiger partial charge on any atom is 0.165 e. The first-order valence-electron chi connectivity index (χ1n) is 4.51. The molecule has 0 spiro atoms. The molecule has 0 saturated heterocycles. The predicted molar refractivity (Wildman–Crippen MR) is 52.7 cm³/mol. The smallest absolute Gasteiger partial charge is 0.165 e. The molecule has 1 aromatic rings. The molecule has 80 valence electrons. The summed E-state index contributed by atoms with van der Waals surface area (Å²) in [5.74, 6) is -0.993. The largest absolute Gasteiger partial charge is 0.494 e. The summed E-state index contributed by atoms with van der Waals surface area (Å²) < 4.78 is 18.0. The van der Waals surface area contributed by atoms with E-state index in [1.54, 1.807) is 13.0 Å². The molecule has 0 radical (unpaired) electrons. The van der Waals surface area contributed by atoms with E-state index in [0.29, 0.717) is 5.56 Å². The van der Waals surface area contributed by atoms with E-state index < -0.39 is 17.8 Å². The molecule has 1 aromatic carbocycles. The van der Waals surface area contributed by atoms with Crippen molar-refractivity contribution in [2.45, 2.75) is 13.0 Å². The van der Waals surface area contributed by atoms with Gasteiger partial charge in [0.1, 0.15) is 0 Å². The van der Waals surface area contributed by atoms with Gasteiger partial charge in [0.25, 0.3) is 0 Å². The van der Waals surface area contributed by atoms with E-state index in [-0.39, 0.29) is 5.75 Å². The molecule has 0 aromatic heterocycles. The lowest BCUT2D eigenvalue weighted by Gasteiger charge is -2.13. The van der Waals surface area contributed by atoms with Crippen LogP contribution in [0.15, 0.2) is 18.2 Å². The van der Waals surface area contributed by atoms with Crippen LogP contribution in [0.25, 0.3) is 0 Å². The van der Waals surface area contributed by atoms with E-state index in [4.69, 9.17) is 10.00 Å². The summed E-state index contributed by atoms with van der Waals surface area (Å²) in [5.41, 5.74) is 0.377. The molecule has 0 aliphatic carbocycles. The van der Waals surface area contributed by atoms with Crippen molar-refractivity contribution in [3.8, 4) is 11.8 Å². The summed E-state index contributed by atoms with van der Waals surface area (Å²) in [6.07, 6.45) is -0.976. The number of benzene rings is 1. The maximum absolute atomic E-state index is 13.3. The highest BCUT2D eigenvalue weighted by Crippen LogP contribution is 2.25. The third-order valence-corrected chi connectivity index (χ3v) is 2.19. The zero-order valence-electron chi connectivity index (χ0n) is 8.57. The van der Waals surface area contributed by atoms with Crippen molar-refractivity contribution in [2.75, 3.05) is 7.11 Å². The van der Waals surface area contributed by atoms with Crippen LogP contribution in [0, 0.1) is 23.1 Å².